The van der Waals surface area contributed by atoms with Gasteiger partial charge in [0.1, 0.15) is 5.82 Å². The largest absolute Gasteiger partial charge is 0.350 e. The Morgan fingerprint density at radius 3 is 2.38 bits per heavy atom. The molecule has 2 aromatic rings. The number of carbonyl (C=O) groups is 1. The van der Waals surface area contributed by atoms with E-state index < -0.39 is 0 Å². The fourth-order valence-corrected chi connectivity index (χ4v) is 1.92. The number of amides is 1. The molecule has 1 aromatic carbocycles. The maximum atomic E-state index is 12.1. The van der Waals surface area contributed by atoms with Gasteiger partial charge in [-0.15, -0.1) is 0 Å². The minimum absolute atomic E-state index is 0.279. The van der Waals surface area contributed by atoms with Gasteiger partial charge in [0.2, 0.25) is 0 Å². The fraction of sp³-hybridized carbons (Fsp3) is 0.312. The summed E-state index contributed by atoms with van der Waals surface area (Å²) in [5.41, 5.74) is 0.542. The predicted octanol–water partition coefficient (Wildman–Crippen LogP) is 2.56. The van der Waals surface area contributed by atoms with Crippen molar-refractivity contribution in [3.8, 4) is 0 Å². The van der Waals surface area contributed by atoms with Crippen LogP contribution in [0.3, 0.4) is 0 Å². The lowest BCUT2D eigenvalue weighted by atomic mass is 10.1. The Morgan fingerprint density at radius 1 is 1.19 bits per heavy atom. The van der Waals surface area contributed by atoms with Crippen LogP contribution in [0.1, 0.15) is 36.7 Å². The molecule has 110 valence electrons. The Bertz CT molecular complexity index is 713. The molecule has 0 saturated carbocycles. The van der Waals surface area contributed by atoms with Crippen LogP contribution in [0.2, 0.25) is 0 Å². The molecule has 0 aliphatic heterocycles. The summed E-state index contributed by atoms with van der Waals surface area (Å²) >= 11 is 0. The average Bonchev–Trinajstić information content (AvgIpc) is 2.42. The maximum Gasteiger partial charge on any atom is 0.350 e. The quantitative estimate of drug-likeness (QED) is 0.922. The second-order valence-corrected chi connectivity index (χ2v) is 5.92. The topological polar surface area (TPSA) is 64.0 Å². The van der Waals surface area contributed by atoms with Crippen LogP contribution in [-0.4, -0.2) is 15.5 Å². The molecule has 1 aromatic heterocycles. The highest BCUT2D eigenvalue weighted by Gasteiger charge is 2.17. The van der Waals surface area contributed by atoms with E-state index in [0.29, 0.717) is 11.4 Å². The van der Waals surface area contributed by atoms with Crippen molar-refractivity contribution in [1.29, 1.82) is 0 Å². The van der Waals surface area contributed by atoms with E-state index in [1.54, 1.807) is 35.0 Å². The lowest BCUT2D eigenvalue weighted by Crippen LogP contribution is -2.36. The van der Waals surface area contributed by atoms with E-state index in [-0.39, 0.29) is 17.1 Å². The number of carbonyl (C=O) groups excluding carboxylic acids is 1. The Morgan fingerprint density at radius 2 is 1.81 bits per heavy atom. The zero-order valence-corrected chi connectivity index (χ0v) is 12.7. The SMILES string of the molecule is Cc1cn(C(C)(C)C)c(=O)nc1NC(=O)c1ccccc1. The fourth-order valence-electron chi connectivity index (χ4n) is 1.92. The van der Waals surface area contributed by atoms with Crippen molar-refractivity contribution in [2.45, 2.75) is 33.2 Å². The summed E-state index contributed by atoms with van der Waals surface area (Å²) in [4.78, 5) is 28.1. The Labute approximate surface area is 123 Å². The summed E-state index contributed by atoms with van der Waals surface area (Å²) < 4.78 is 1.56. The van der Waals surface area contributed by atoms with E-state index in [1.165, 1.54) is 0 Å². The lowest BCUT2D eigenvalue weighted by molar-refractivity contribution is 0.102. The molecule has 0 bridgehead atoms. The van der Waals surface area contributed by atoms with Crippen LogP contribution in [0, 0.1) is 6.92 Å². The number of rotatable bonds is 2. The molecular formula is C16H19N3O2. The van der Waals surface area contributed by atoms with Gasteiger partial charge in [0.15, 0.2) is 0 Å². The first-order valence-corrected chi connectivity index (χ1v) is 6.76. The van der Waals surface area contributed by atoms with E-state index in [9.17, 15) is 9.59 Å². The molecule has 5 nitrogen and oxygen atoms in total. The molecule has 1 amide bonds. The molecule has 0 radical (unpaired) electrons. The van der Waals surface area contributed by atoms with Crippen LogP contribution in [0.15, 0.2) is 41.3 Å². The van der Waals surface area contributed by atoms with Gasteiger partial charge in [0.25, 0.3) is 5.91 Å². The molecule has 2 rings (SSSR count). The second kappa shape index (κ2) is 5.52. The molecule has 0 unspecified atom stereocenters. The van der Waals surface area contributed by atoms with Gasteiger partial charge in [0, 0.05) is 22.9 Å². The van der Waals surface area contributed by atoms with Gasteiger partial charge in [-0.2, -0.15) is 4.98 Å². The Hall–Kier alpha value is -2.43. The highest BCUT2D eigenvalue weighted by atomic mass is 16.2. The molecule has 0 aliphatic rings. The van der Waals surface area contributed by atoms with Gasteiger partial charge in [-0.05, 0) is 39.8 Å². The minimum atomic E-state index is -0.378. The van der Waals surface area contributed by atoms with Crippen LogP contribution in [0.5, 0.6) is 0 Å². The van der Waals surface area contributed by atoms with Crippen molar-refractivity contribution in [1.82, 2.24) is 9.55 Å². The third-order valence-corrected chi connectivity index (χ3v) is 3.10. The van der Waals surface area contributed by atoms with Gasteiger partial charge in [-0.25, -0.2) is 4.79 Å². The maximum absolute atomic E-state index is 12.1. The molecule has 21 heavy (non-hydrogen) atoms. The molecule has 0 spiro atoms. The van der Waals surface area contributed by atoms with Crippen LogP contribution in [0.25, 0.3) is 0 Å². The summed E-state index contributed by atoms with van der Waals surface area (Å²) in [7, 11) is 0. The van der Waals surface area contributed by atoms with Gasteiger partial charge in [-0.1, -0.05) is 18.2 Å². The van der Waals surface area contributed by atoms with Crippen molar-refractivity contribution in [3.05, 3.63) is 58.1 Å². The summed E-state index contributed by atoms with van der Waals surface area (Å²) in [5.74, 6) is 0.0217. The van der Waals surface area contributed by atoms with Crippen LogP contribution < -0.4 is 11.0 Å². The van der Waals surface area contributed by atoms with Crippen molar-refractivity contribution in [2.24, 2.45) is 0 Å². The van der Waals surface area contributed by atoms with Crippen molar-refractivity contribution in [3.63, 3.8) is 0 Å². The van der Waals surface area contributed by atoms with E-state index >= 15 is 0 Å². The zero-order chi connectivity index (χ0) is 15.6. The summed E-state index contributed by atoms with van der Waals surface area (Å²) in [5, 5.41) is 2.68. The third-order valence-electron chi connectivity index (χ3n) is 3.10. The average molecular weight is 285 g/mol. The van der Waals surface area contributed by atoms with E-state index in [0.717, 1.165) is 5.56 Å². The Kier molecular flexibility index (Phi) is 3.93. The highest BCUT2D eigenvalue weighted by molar-refractivity contribution is 6.03. The summed E-state index contributed by atoms with van der Waals surface area (Å²) in [6.07, 6.45) is 1.72. The van der Waals surface area contributed by atoms with E-state index in [2.05, 4.69) is 10.3 Å². The molecule has 1 N–H and O–H groups in total. The van der Waals surface area contributed by atoms with Crippen molar-refractivity contribution in [2.75, 3.05) is 5.32 Å². The number of nitrogens with zero attached hydrogens (tertiary/aromatic N) is 2. The van der Waals surface area contributed by atoms with E-state index in [1.807, 2.05) is 33.8 Å². The second-order valence-electron chi connectivity index (χ2n) is 5.92. The lowest BCUT2D eigenvalue weighted by Gasteiger charge is -2.22. The number of aromatic nitrogens is 2. The molecular weight excluding hydrogens is 266 g/mol. The molecule has 1 heterocycles. The molecule has 0 atom stereocenters. The summed E-state index contributed by atoms with van der Waals surface area (Å²) in [6.45, 7) is 7.60. The molecule has 0 fully saturated rings. The minimum Gasteiger partial charge on any atom is -0.306 e. The molecule has 0 saturated heterocycles. The number of anilines is 1. The first kappa shape index (κ1) is 15.0. The number of hydrogen-bond donors (Lipinski definition) is 1. The predicted molar refractivity (Wildman–Crippen MR) is 82.6 cm³/mol. The smallest absolute Gasteiger partial charge is 0.306 e. The monoisotopic (exact) mass is 285 g/mol. The van der Waals surface area contributed by atoms with Crippen LogP contribution in [-0.2, 0) is 5.54 Å². The Balaban J connectivity index is 2.32. The molecule has 5 heteroatoms. The van der Waals surface area contributed by atoms with Crippen LogP contribution in [0.4, 0.5) is 5.82 Å². The number of nitrogens with one attached hydrogen (secondary N) is 1. The number of aryl methyl sites for hydroxylation is 1. The van der Waals surface area contributed by atoms with Crippen molar-refractivity contribution < 1.29 is 4.79 Å². The first-order chi connectivity index (χ1) is 9.79. The normalized spacial score (nSPS) is 11.2. The van der Waals surface area contributed by atoms with Gasteiger partial charge < -0.3 is 5.32 Å². The van der Waals surface area contributed by atoms with E-state index in [4.69, 9.17) is 0 Å². The molecule has 0 aliphatic carbocycles. The van der Waals surface area contributed by atoms with Crippen LogP contribution >= 0.6 is 0 Å². The third kappa shape index (κ3) is 3.37. The number of benzene rings is 1. The number of hydrogen-bond acceptors (Lipinski definition) is 3. The standard InChI is InChI=1S/C16H19N3O2/c1-11-10-19(16(2,3)4)15(21)18-13(11)17-14(20)12-8-6-5-7-9-12/h5-10H,1-4H3,(H,17,18,20,21). The zero-order valence-electron chi connectivity index (χ0n) is 12.7. The van der Waals surface area contributed by atoms with Crippen molar-refractivity contribution >= 4 is 11.7 Å². The van der Waals surface area contributed by atoms with Gasteiger partial charge in [0.05, 0.1) is 0 Å². The highest BCUT2D eigenvalue weighted by Crippen LogP contribution is 2.15. The van der Waals surface area contributed by atoms with Gasteiger partial charge in [-0.3, -0.25) is 9.36 Å². The van der Waals surface area contributed by atoms with Gasteiger partial charge >= 0.3 is 5.69 Å². The first-order valence-electron chi connectivity index (χ1n) is 6.76. The summed E-state index contributed by atoms with van der Waals surface area (Å²) in [6, 6.07) is 8.83.